The van der Waals surface area contributed by atoms with Crippen LogP contribution in [0.15, 0.2) is 18.2 Å². The van der Waals surface area contributed by atoms with Gasteiger partial charge in [-0.1, -0.05) is 6.07 Å². The zero-order valence-corrected chi connectivity index (χ0v) is 15.7. The fraction of sp³-hybridized carbons (Fsp3) is 0.600. The van der Waals surface area contributed by atoms with Gasteiger partial charge in [0.15, 0.2) is 11.5 Å². The third-order valence-electron chi connectivity index (χ3n) is 5.49. The third kappa shape index (κ3) is 3.79. The number of amides is 1. The lowest BCUT2D eigenvalue weighted by atomic mass is 9.86. The summed E-state index contributed by atoms with van der Waals surface area (Å²) in [4.78, 5) is 25.6. The molecule has 6 nitrogen and oxygen atoms in total. The molecule has 2 fully saturated rings. The number of likely N-dealkylation sites (tertiary alicyclic amines) is 1. The van der Waals surface area contributed by atoms with Gasteiger partial charge in [-0.3, -0.25) is 4.79 Å². The van der Waals surface area contributed by atoms with Crippen LogP contribution in [0, 0.1) is 5.92 Å². The van der Waals surface area contributed by atoms with E-state index in [2.05, 4.69) is 0 Å². The van der Waals surface area contributed by atoms with Crippen molar-refractivity contribution in [2.75, 3.05) is 27.3 Å². The first-order valence-electron chi connectivity index (χ1n) is 9.21. The smallest absolute Gasteiger partial charge is 0.409 e. The quantitative estimate of drug-likeness (QED) is 0.804. The summed E-state index contributed by atoms with van der Waals surface area (Å²) in [6.45, 7) is 2.43. The predicted octanol–water partition coefficient (Wildman–Crippen LogP) is 3.39. The molecule has 2 aliphatic rings. The number of methoxy groups -OCH3 is 2. The molecule has 3 rings (SSSR count). The largest absolute Gasteiger partial charge is 0.493 e. The highest BCUT2D eigenvalue weighted by Gasteiger charge is 2.39. The molecule has 142 valence electrons. The molecule has 0 aromatic heterocycles. The van der Waals surface area contributed by atoms with Crippen LogP contribution in [0.5, 0.6) is 11.5 Å². The van der Waals surface area contributed by atoms with E-state index in [1.54, 1.807) is 18.9 Å². The number of carbonyl (C=O) groups is 2. The molecule has 1 heterocycles. The molecule has 1 aliphatic heterocycles. The molecule has 1 aromatic carbocycles. The van der Waals surface area contributed by atoms with Crippen LogP contribution in [-0.2, 0) is 9.53 Å². The summed E-state index contributed by atoms with van der Waals surface area (Å²) < 4.78 is 16.4. The lowest BCUT2D eigenvalue weighted by molar-refractivity contribution is -0.120. The molecule has 0 spiro atoms. The van der Waals surface area contributed by atoms with Crippen molar-refractivity contribution in [2.45, 2.75) is 44.6 Å². The van der Waals surface area contributed by atoms with Crippen LogP contribution in [0.1, 0.15) is 44.1 Å². The minimum atomic E-state index is -0.394. The summed E-state index contributed by atoms with van der Waals surface area (Å²) in [5, 5.41) is 0. The summed E-state index contributed by atoms with van der Waals surface area (Å²) in [5.41, 5.74) is 0.991. The number of carbonyl (C=O) groups excluding carboxylic acids is 2. The number of hydrogen-bond acceptors (Lipinski definition) is 5. The van der Waals surface area contributed by atoms with Gasteiger partial charge in [0, 0.05) is 24.9 Å². The highest BCUT2D eigenvalue weighted by atomic mass is 16.5. The first-order valence-corrected chi connectivity index (χ1v) is 9.21. The van der Waals surface area contributed by atoms with Gasteiger partial charge in [-0.25, -0.2) is 4.79 Å². The van der Waals surface area contributed by atoms with E-state index >= 15 is 0 Å². The Bertz CT molecular complexity index is 668. The summed E-state index contributed by atoms with van der Waals surface area (Å²) in [6, 6.07) is 5.82. The van der Waals surface area contributed by atoms with Gasteiger partial charge in [-0.05, 0) is 50.3 Å². The number of nitrogens with zero attached hydrogens (tertiary/aromatic N) is 1. The van der Waals surface area contributed by atoms with E-state index in [4.69, 9.17) is 14.2 Å². The van der Waals surface area contributed by atoms with Crippen molar-refractivity contribution in [1.29, 1.82) is 0 Å². The van der Waals surface area contributed by atoms with Crippen molar-refractivity contribution in [1.82, 2.24) is 4.90 Å². The SMILES string of the molecule is COC(=O)N1C[C@@H](C(C)=O)[C@H](c2ccc(OC)c(OC3CCCC3)c2)C1. The highest BCUT2D eigenvalue weighted by molar-refractivity contribution is 5.81. The van der Waals surface area contributed by atoms with Gasteiger partial charge in [0.25, 0.3) is 0 Å². The average molecular weight is 361 g/mol. The van der Waals surface area contributed by atoms with Crippen molar-refractivity contribution in [3.8, 4) is 11.5 Å². The van der Waals surface area contributed by atoms with Gasteiger partial charge in [-0.15, -0.1) is 0 Å². The maximum atomic E-state index is 12.1. The first-order chi connectivity index (χ1) is 12.5. The zero-order chi connectivity index (χ0) is 18.7. The Hall–Kier alpha value is -2.24. The molecule has 2 atom stereocenters. The van der Waals surface area contributed by atoms with E-state index < -0.39 is 6.09 Å². The van der Waals surface area contributed by atoms with Crippen LogP contribution in [0.2, 0.25) is 0 Å². The topological polar surface area (TPSA) is 65.1 Å². The van der Waals surface area contributed by atoms with E-state index in [-0.39, 0.29) is 23.7 Å². The van der Waals surface area contributed by atoms with Crippen LogP contribution >= 0.6 is 0 Å². The minimum absolute atomic E-state index is 0.0663. The van der Waals surface area contributed by atoms with Gasteiger partial charge in [0.1, 0.15) is 5.78 Å². The fourth-order valence-corrected chi connectivity index (χ4v) is 4.03. The number of ether oxygens (including phenoxy) is 3. The second-order valence-corrected chi connectivity index (χ2v) is 7.13. The molecule has 6 heteroatoms. The normalized spacial score (nSPS) is 23.1. The molecular weight excluding hydrogens is 334 g/mol. The molecular formula is C20H27NO5. The Morgan fingerprint density at radius 2 is 1.81 bits per heavy atom. The van der Waals surface area contributed by atoms with Gasteiger partial charge < -0.3 is 19.1 Å². The van der Waals surface area contributed by atoms with Crippen molar-refractivity contribution in [3.63, 3.8) is 0 Å². The van der Waals surface area contributed by atoms with Gasteiger partial charge in [0.05, 0.1) is 20.3 Å². The summed E-state index contributed by atoms with van der Waals surface area (Å²) >= 11 is 0. The molecule has 0 bridgehead atoms. The number of Topliss-reactive ketones (excluding diaryl/α,β-unsaturated/α-hetero) is 1. The predicted molar refractivity (Wildman–Crippen MR) is 96.8 cm³/mol. The first kappa shape index (κ1) is 18.5. The standard InChI is InChI=1S/C20H27NO5/c1-13(22)16-11-21(20(23)25-3)12-17(16)14-8-9-18(24-2)19(10-14)26-15-6-4-5-7-15/h8-10,15-17H,4-7,11-12H2,1-3H3/t16-,17-/m0/s1. The maximum Gasteiger partial charge on any atom is 0.409 e. The van der Waals surface area contributed by atoms with Gasteiger partial charge in [0.2, 0.25) is 0 Å². The Morgan fingerprint density at radius 1 is 1.08 bits per heavy atom. The molecule has 1 amide bonds. The molecule has 0 N–H and O–H groups in total. The Kier molecular flexibility index (Phi) is 5.69. The molecule has 1 aliphatic carbocycles. The second kappa shape index (κ2) is 7.98. The van der Waals surface area contributed by atoms with Crippen molar-refractivity contribution >= 4 is 11.9 Å². The Labute approximate surface area is 154 Å². The van der Waals surface area contributed by atoms with E-state index in [1.165, 1.54) is 20.0 Å². The van der Waals surface area contributed by atoms with Crippen molar-refractivity contribution < 1.29 is 23.8 Å². The van der Waals surface area contributed by atoms with Gasteiger partial charge in [-0.2, -0.15) is 0 Å². The van der Waals surface area contributed by atoms with Gasteiger partial charge >= 0.3 is 6.09 Å². The minimum Gasteiger partial charge on any atom is -0.493 e. The zero-order valence-electron chi connectivity index (χ0n) is 15.7. The lowest BCUT2D eigenvalue weighted by Crippen LogP contribution is -2.29. The van der Waals surface area contributed by atoms with Crippen molar-refractivity contribution in [3.05, 3.63) is 23.8 Å². The third-order valence-corrected chi connectivity index (χ3v) is 5.49. The van der Waals surface area contributed by atoms with Crippen LogP contribution in [0.3, 0.4) is 0 Å². The van der Waals surface area contributed by atoms with Crippen molar-refractivity contribution in [2.24, 2.45) is 5.92 Å². The molecule has 0 radical (unpaired) electrons. The molecule has 1 saturated heterocycles. The van der Waals surface area contributed by atoms with Crippen LogP contribution in [0.4, 0.5) is 4.79 Å². The monoisotopic (exact) mass is 361 g/mol. The van der Waals surface area contributed by atoms with E-state index in [0.29, 0.717) is 18.8 Å². The summed E-state index contributed by atoms with van der Waals surface area (Å²) in [5.74, 6) is 1.19. The number of benzene rings is 1. The van der Waals surface area contributed by atoms with Crippen LogP contribution in [0.25, 0.3) is 0 Å². The van der Waals surface area contributed by atoms with E-state index in [1.807, 2.05) is 18.2 Å². The molecule has 1 saturated carbocycles. The highest BCUT2D eigenvalue weighted by Crippen LogP contribution is 2.39. The summed E-state index contributed by atoms with van der Waals surface area (Å²) in [6.07, 6.45) is 4.32. The van der Waals surface area contributed by atoms with Crippen LogP contribution in [-0.4, -0.2) is 50.2 Å². The fourth-order valence-electron chi connectivity index (χ4n) is 4.03. The Morgan fingerprint density at radius 3 is 2.42 bits per heavy atom. The number of ketones is 1. The molecule has 1 aromatic rings. The average Bonchev–Trinajstić information content (AvgIpc) is 3.30. The summed E-state index contributed by atoms with van der Waals surface area (Å²) in [7, 11) is 2.99. The van der Waals surface area contributed by atoms with E-state index in [0.717, 1.165) is 24.2 Å². The number of hydrogen-bond donors (Lipinski definition) is 0. The molecule has 0 unspecified atom stereocenters. The Balaban J connectivity index is 1.86. The van der Waals surface area contributed by atoms with E-state index in [9.17, 15) is 9.59 Å². The second-order valence-electron chi connectivity index (χ2n) is 7.13. The van der Waals surface area contributed by atoms with Crippen LogP contribution < -0.4 is 9.47 Å². The lowest BCUT2D eigenvalue weighted by Gasteiger charge is -2.20. The maximum absolute atomic E-state index is 12.1. The molecule has 26 heavy (non-hydrogen) atoms. The number of rotatable bonds is 5.